The van der Waals surface area contributed by atoms with Crippen LogP contribution in [0.1, 0.15) is 10.4 Å². The van der Waals surface area contributed by atoms with Crippen molar-refractivity contribution in [3.05, 3.63) is 51.9 Å². The fourth-order valence-electron chi connectivity index (χ4n) is 1.34. The Bertz CT molecular complexity index is 557. The second-order valence-corrected chi connectivity index (χ2v) is 4.67. The number of pyridine rings is 1. The van der Waals surface area contributed by atoms with Gasteiger partial charge >= 0.3 is 0 Å². The van der Waals surface area contributed by atoms with Crippen molar-refractivity contribution in [3.63, 3.8) is 0 Å². The van der Waals surface area contributed by atoms with Gasteiger partial charge in [-0.05, 0) is 46.9 Å². The topological polar surface area (TPSA) is 68.0 Å². The number of aromatic nitrogens is 1. The molecule has 1 heterocycles. The standard InChI is InChI=1S/C12H10IN3O/c13-9-3-1-2-8(6-9)12(17)16-11-4-5-15-7-10(11)14/h1-7H,14H2,(H,15,16,17). The van der Waals surface area contributed by atoms with Gasteiger partial charge in [0.2, 0.25) is 0 Å². The highest BCUT2D eigenvalue weighted by molar-refractivity contribution is 14.1. The van der Waals surface area contributed by atoms with Crippen LogP contribution < -0.4 is 11.1 Å². The Morgan fingerprint density at radius 1 is 1.35 bits per heavy atom. The number of benzene rings is 1. The van der Waals surface area contributed by atoms with Gasteiger partial charge in [-0.1, -0.05) is 6.07 Å². The van der Waals surface area contributed by atoms with E-state index in [4.69, 9.17) is 5.73 Å². The van der Waals surface area contributed by atoms with Crippen LogP contribution in [-0.4, -0.2) is 10.9 Å². The number of carbonyl (C=O) groups is 1. The first kappa shape index (κ1) is 11.8. The number of carbonyl (C=O) groups excluding carboxylic acids is 1. The van der Waals surface area contributed by atoms with Crippen molar-refractivity contribution in [2.24, 2.45) is 0 Å². The van der Waals surface area contributed by atoms with Gasteiger partial charge in [-0.25, -0.2) is 0 Å². The number of halogens is 1. The van der Waals surface area contributed by atoms with E-state index in [2.05, 4.69) is 32.9 Å². The number of nitrogen functional groups attached to an aromatic ring is 1. The smallest absolute Gasteiger partial charge is 0.255 e. The van der Waals surface area contributed by atoms with Crippen molar-refractivity contribution in [1.29, 1.82) is 0 Å². The Hall–Kier alpha value is -1.63. The van der Waals surface area contributed by atoms with E-state index in [9.17, 15) is 4.79 Å². The molecule has 0 spiro atoms. The van der Waals surface area contributed by atoms with E-state index in [1.165, 1.54) is 6.20 Å². The van der Waals surface area contributed by atoms with Crippen LogP contribution in [0.3, 0.4) is 0 Å². The third kappa shape index (κ3) is 2.94. The van der Waals surface area contributed by atoms with Gasteiger partial charge in [0.15, 0.2) is 0 Å². The molecule has 0 unspecified atom stereocenters. The van der Waals surface area contributed by atoms with E-state index >= 15 is 0 Å². The maximum Gasteiger partial charge on any atom is 0.255 e. The number of nitrogens with one attached hydrogen (secondary N) is 1. The summed E-state index contributed by atoms with van der Waals surface area (Å²) in [4.78, 5) is 15.8. The molecule has 0 aliphatic rings. The van der Waals surface area contributed by atoms with E-state index in [-0.39, 0.29) is 5.91 Å². The van der Waals surface area contributed by atoms with Crippen LogP contribution in [0.15, 0.2) is 42.7 Å². The Morgan fingerprint density at radius 3 is 2.88 bits per heavy atom. The first-order valence-corrected chi connectivity index (χ1v) is 6.01. The minimum Gasteiger partial charge on any atom is -0.396 e. The Balaban J connectivity index is 2.20. The van der Waals surface area contributed by atoms with Crippen LogP contribution >= 0.6 is 22.6 Å². The fourth-order valence-corrected chi connectivity index (χ4v) is 1.89. The van der Waals surface area contributed by atoms with Crippen molar-refractivity contribution < 1.29 is 4.79 Å². The number of hydrogen-bond donors (Lipinski definition) is 2. The Morgan fingerprint density at radius 2 is 2.18 bits per heavy atom. The van der Waals surface area contributed by atoms with Gasteiger partial charge in [-0.15, -0.1) is 0 Å². The first-order valence-electron chi connectivity index (χ1n) is 4.93. The summed E-state index contributed by atoms with van der Waals surface area (Å²) in [6.07, 6.45) is 3.09. The summed E-state index contributed by atoms with van der Waals surface area (Å²) < 4.78 is 1.01. The molecular formula is C12H10IN3O. The molecule has 0 saturated heterocycles. The molecule has 0 aliphatic heterocycles. The van der Waals surface area contributed by atoms with Crippen molar-refractivity contribution in [2.75, 3.05) is 11.1 Å². The van der Waals surface area contributed by atoms with Crippen LogP contribution in [0.4, 0.5) is 11.4 Å². The number of anilines is 2. The summed E-state index contributed by atoms with van der Waals surface area (Å²) in [5.41, 5.74) is 7.33. The molecule has 0 fully saturated rings. The van der Waals surface area contributed by atoms with Gasteiger partial charge in [-0.2, -0.15) is 0 Å². The van der Waals surface area contributed by atoms with Gasteiger partial charge < -0.3 is 11.1 Å². The quantitative estimate of drug-likeness (QED) is 0.827. The number of rotatable bonds is 2. The van der Waals surface area contributed by atoms with Crippen LogP contribution in [0, 0.1) is 3.57 Å². The van der Waals surface area contributed by atoms with Crippen LogP contribution in [0.5, 0.6) is 0 Å². The molecular weight excluding hydrogens is 329 g/mol. The zero-order valence-electron chi connectivity index (χ0n) is 8.85. The largest absolute Gasteiger partial charge is 0.396 e. The van der Waals surface area contributed by atoms with Gasteiger partial charge in [0.05, 0.1) is 17.6 Å². The Labute approximate surface area is 112 Å². The summed E-state index contributed by atoms with van der Waals surface area (Å²) in [6.45, 7) is 0. The van der Waals surface area contributed by atoms with Crippen LogP contribution in [-0.2, 0) is 0 Å². The third-order valence-corrected chi connectivity index (χ3v) is 2.86. The van der Waals surface area contributed by atoms with E-state index in [0.29, 0.717) is 16.9 Å². The lowest BCUT2D eigenvalue weighted by Crippen LogP contribution is -2.13. The SMILES string of the molecule is Nc1cnccc1NC(=O)c1cccc(I)c1. The maximum atomic E-state index is 11.9. The zero-order chi connectivity index (χ0) is 12.3. The number of nitrogens with two attached hydrogens (primary N) is 1. The number of amides is 1. The predicted octanol–water partition coefficient (Wildman–Crippen LogP) is 2.52. The van der Waals surface area contributed by atoms with Crippen molar-refractivity contribution in [2.45, 2.75) is 0 Å². The summed E-state index contributed by atoms with van der Waals surface area (Å²) >= 11 is 2.16. The minimum atomic E-state index is -0.179. The fraction of sp³-hybridized carbons (Fsp3) is 0. The molecule has 86 valence electrons. The normalized spacial score (nSPS) is 9.94. The lowest BCUT2D eigenvalue weighted by molar-refractivity contribution is 0.102. The third-order valence-electron chi connectivity index (χ3n) is 2.19. The van der Waals surface area contributed by atoms with E-state index < -0.39 is 0 Å². The molecule has 5 heteroatoms. The second kappa shape index (κ2) is 5.13. The molecule has 1 aromatic heterocycles. The molecule has 0 saturated carbocycles. The highest BCUT2D eigenvalue weighted by Crippen LogP contribution is 2.17. The molecule has 2 rings (SSSR count). The van der Waals surface area contributed by atoms with Gasteiger partial charge in [0.1, 0.15) is 0 Å². The minimum absolute atomic E-state index is 0.179. The van der Waals surface area contributed by atoms with Gasteiger partial charge in [0.25, 0.3) is 5.91 Å². The van der Waals surface area contributed by atoms with Crippen molar-refractivity contribution >= 4 is 39.9 Å². The lowest BCUT2D eigenvalue weighted by atomic mass is 10.2. The molecule has 1 aromatic carbocycles. The van der Waals surface area contributed by atoms with Crippen LogP contribution in [0.2, 0.25) is 0 Å². The van der Waals surface area contributed by atoms with E-state index in [1.54, 1.807) is 18.3 Å². The molecule has 0 atom stereocenters. The van der Waals surface area contributed by atoms with Crippen LogP contribution in [0.25, 0.3) is 0 Å². The lowest BCUT2D eigenvalue weighted by Gasteiger charge is -2.07. The summed E-state index contributed by atoms with van der Waals surface area (Å²) in [5, 5.41) is 2.75. The van der Waals surface area contributed by atoms with Gasteiger partial charge in [-0.3, -0.25) is 9.78 Å². The molecule has 2 aromatic rings. The highest BCUT2D eigenvalue weighted by atomic mass is 127. The average Bonchev–Trinajstić information content (AvgIpc) is 2.32. The predicted molar refractivity (Wildman–Crippen MR) is 75.8 cm³/mol. The molecule has 0 aliphatic carbocycles. The van der Waals surface area contributed by atoms with E-state index in [1.807, 2.05) is 18.2 Å². The Kier molecular flexibility index (Phi) is 3.58. The molecule has 3 N–H and O–H groups in total. The zero-order valence-corrected chi connectivity index (χ0v) is 11.0. The van der Waals surface area contributed by atoms with E-state index in [0.717, 1.165) is 3.57 Å². The molecule has 0 radical (unpaired) electrons. The molecule has 4 nitrogen and oxygen atoms in total. The monoisotopic (exact) mass is 339 g/mol. The molecule has 17 heavy (non-hydrogen) atoms. The second-order valence-electron chi connectivity index (χ2n) is 3.43. The summed E-state index contributed by atoms with van der Waals surface area (Å²) in [6, 6.07) is 9.01. The van der Waals surface area contributed by atoms with Crippen molar-refractivity contribution in [3.8, 4) is 0 Å². The molecule has 0 bridgehead atoms. The maximum absolute atomic E-state index is 11.9. The van der Waals surface area contributed by atoms with Crippen molar-refractivity contribution in [1.82, 2.24) is 4.98 Å². The number of nitrogens with zero attached hydrogens (tertiary/aromatic N) is 1. The first-order chi connectivity index (χ1) is 8.16. The number of hydrogen-bond acceptors (Lipinski definition) is 3. The summed E-state index contributed by atoms with van der Waals surface area (Å²) in [7, 11) is 0. The van der Waals surface area contributed by atoms with Gasteiger partial charge in [0, 0.05) is 15.3 Å². The summed E-state index contributed by atoms with van der Waals surface area (Å²) in [5.74, 6) is -0.179. The highest BCUT2D eigenvalue weighted by Gasteiger charge is 2.07. The molecule has 1 amide bonds. The average molecular weight is 339 g/mol.